The van der Waals surface area contributed by atoms with Crippen molar-refractivity contribution in [1.82, 2.24) is 0 Å². The second-order valence-corrected chi connectivity index (χ2v) is 3.08. The molecule has 0 fully saturated rings. The van der Waals surface area contributed by atoms with Gasteiger partial charge in [0.25, 0.3) is 0 Å². The minimum Gasteiger partial charge on any atom is -0.478 e. The number of rotatable bonds is 2. The maximum atomic E-state index is 10.7. The van der Waals surface area contributed by atoms with E-state index in [9.17, 15) is 9.59 Å². The number of hydrogen-bond acceptors (Lipinski definition) is 2. The van der Waals surface area contributed by atoms with E-state index in [2.05, 4.69) is 11.8 Å². The molecular weight excluding hydrogens is 216 g/mol. The molecule has 3 nitrogen and oxygen atoms in total. The third-order valence-electron chi connectivity index (χ3n) is 1.61. The Labute approximate surface area is 91.7 Å². The van der Waals surface area contributed by atoms with E-state index in [1.54, 1.807) is 6.07 Å². The number of aldehydes is 1. The standard InChI is InChI=1S/C11H7ClO3/c12-10-5-4-8(3-1-2-6-13)7-9(10)11(14)15/h4-7H,2H2,(H,14,15). The maximum Gasteiger partial charge on any atom is 0.337 e. The lowest BCUT2D eigenvalue weighted by Gasteiger charge is -1.98. The molecule has 0 aromatic heterocycles. The number of aromatic carboxylic acids is 1. The highest BCUT2D eigenvalue weighted by Gasteiger charge is 2.07. The molecule has 4 heteroatoms. The van der Waals surface area contributed by atoms with E-state index in [1.165, 1.54) is 12.1 Å². The summed E-state index contributed by atoms with van der Waals surface area (Å²) in [4.78, 5) is 20.7. The normalized spacial score (nSPS) is 8.87. The van der Waals surface area contributed by atoms with Crippen molar-refractivity contribution in [3.63, 3.8) is 0 Å². The lowest BCUT2D eigenvalue weighted by atomic mass is 10.1. The summed E-state index contributed by atoms with van der Waals surface area (Å²) < 4.78 is 0. The molecule has 0 atom stereocenters. The van der Waals surface area contributed by atoms with Gasteiger partial charge in [0, 0.05) is 5.56 Å². The van der Waals surface area contributed by atoms with Crippen molar-refractivity contribution in [2.24, 2.45) is 0 Å². The number of hydrogen-bond donors (Lipinski definition) is 1. The van der Waals surface area contributed by atoms with Gasteiger partial charge in [-0.3, -0.25) is 0 Å². The highest BCUT2D eigenvalue weighted by Crippen LogP contribution is 2.17. The number of carboxylic acids is 1. The first kappa shape index (κ1) is 11.3. The second-order valence-electron chi connectivity index (χ2n) is 2.67. The van der Waals surface area contributed by atoms with E-state index >= 15 is 0 Å². The quantitative estimate of drug-likeness (QED) is 0.615. The van der Waals surface area contributed by atoms with Gasteiger partial charge >= 0.3 is 5.97 Å². The SMILES string of the molecule is O=CCC#Cc1ccc(Cl)c(C(=O)O)c1. The van der Waals surface area contributed by atoms with E-state index in [4.69, 9.17) is 16.7 Å². The summed E-state index contributed by atoms with van der Waals surface area (Å²) in [6.45, 7) is 0. The first-order chi connectivity index (χ1) is 7.15. The third-order valence-corrected chi connectivity index (χ3v) is 1.94. The van der Waals surface area contributed by atoms with Crippen LogP contribution in [-0.2, 0) is 4.79 Å². The topological polar surface area (TPSA) is 54.4 Å². The predicted molar refractivity (Wildman–Crippen MR) is 56.0 cm³/mol. The largest absolute Gasteiger partial charge is 0.478 e. The molecule has 1 N–H and O–H groups in total. The van der Waals surface area contributed by atoms with Crippen molar-refractivity contribution in [2.45, 2.75) is 6.42 Å². The van der Waals surface area contributed by atoms with Gasteiger partial charge in [-0.1, -0.05) is 23.4 Å². The highest BCUT2D eigenvalue weighted by atomic mass is 35.5. The smallest absolute Gasteiger partial charge is 0.337 e. The van der Waals surface area contributed by atoms with Gasteiger partial charge in [-0.25, -0.2) is 4.79 Å². The zero-order valence-electron chi connectivity index (χ0n) is 7.66. The van der Waals surface area contributed by atoms with Crippen LogP contribution in [0.25, 0.3) is 0 Å². The Morgan fingerprint density at radius 1 is 1.53 bits per heavy atom. The zero-order chi connectivity index (χ0) is 11.3. The van der Waals surface area contributed by atoms with Crippen LogP contribution in [-0.4, -0.2) is 17.4 Å². The molecule has 1 aromatic carbocycles. The molecule has 1 aromatic rings. The van der Waals surface area contributed by atoms with Crippen LogP contribution in [0.5, 0.6) is 0 Å². The Kier molecular flexibility index (Phi) is 3.90. The first-order valence-corrected chi connectivity index (χ1v) is 4.48. The Bertz CT molecular complexity index is 455. The van der Waals surface area contributed by atoms with Gasteiger partial charge in [0.15, 0.2) is 0 Å². The van der Waals surface area contributed by atoms with Gasteiger partial charge in [-0.15, -0.1) is 0 Å². The van der Waals surface area contributed by atoms with E-state index < -0.39 is 5.97 Å². The van der Waals surface area contributed by atoms with E-state index in [-0.39, 0.29) is 17.0 Å². The number of halogens is 1. The fourth-order valence-corrected chi connectivity index (χ4v) is 1.16. The molecular formula is C11H7ClO3. The van der Waals surface area contributed by atoms with E-state index in [0.29, 0.717) is 11.8 Å². The molecule has 0 aliphatic carbocycles. The molecule has 0 aliphatic heterocycles. The summed E-state index contributed by atoms with van der Waals surface area (Å²) in [5.74, 6) is 4.15. The Balaban J connectivity index is 3.04. The summed E-state index contributed by atoms with van der Waals surface area (Å²) in [6.07, 6.45) is 0.812. The average Bonchev–Trinajstić information content (AvgIpc) is 2.20. The van der Waals surface area contributed by atoms with Crippen molar-refractivity contribution in [3.8, 4) is 11.8 Å². The summed E-state index contributed by atoms with van der Waals surface area (Å²) in [5, 5.41) is 8.94. The van der Waals surface area contributed by atoms with Crippen LogP contribution in [0.4, 0.5) is 0 Å². The molecule has 0 aliphatic rings. The first-order valence-electron chi connectivity index (χ1n) is 4.10. The number of carboxylic acid groups (broad SMARTS) is 1. The van der Waals surface area contributed by atoms with Gasteiger partial charge in [0.2, 0.25) is 0 Å². The summed E-state index contributed by atoms with van der Waals surface area (Å²) in [6, 6.07) is 4.45. The zero-order valence-corrected chi connectivity index (χ0v) is 8.41. The van der Waals surface area contributed by atoms with Gasteiger partial charge in [-0.2, -0.15) is 0 Å². The van der Waals surface area contributed by atoms with Gasteiger partial charge < -0.3 is 9.90 Å². The Hall–Kier alpha value is -1.79. The van der Waals surface area contributed by atoms with Crippen LogP contribution in [0, 0.1) is 11.8 Å². The fraction of sp³-hybridized carbons (Fsp3) is 0.0909. The predicted octanol–water partition coefficient (Wildman–Crippen LogP) is 1.98. The van der Waals surface area contributed by atoms with Crippen LogP contribution < -0.4 is 0 Å². The van der Waals surface area contributed by atoms with Crippen LogP contribution >= 0.6 is 11.6 Å². The van der Waals surface area contributed by atoms with Gasteiger partial charge in [0.05, 0.1) is 17.0 Å². The van der Waals surface area contributed by atoms with Gasteiger partial charge in [-0.05, 0) is 18.2 Å². The van der Waals surface area contributed by atoms with Crippen molar-refractivity contribution < 1.29 is 14.7 Å². The molecule has 0 amide bonds. The maximum absolute atomic E-state index is 10.7. The molecule has 0 radical (unpaired) electrons. The van der Waals surface area contributed by atoms with E-state index in [1.807, 2.05) is 0 Å². The minimum atomic E-state index is -1.10. The molecule has 0 saturated carbocycles. The van der Waals surface area contributed by atoms with Crippen LogP contribution in [0.3, 0.4) is 0 Å². The summed E-state index contributed by atoms with van der Waals surface area (Å²) in [7, 11) is 0. The monoisotopic (exact) mass is 222 g/mol. The van der Waals surface area contributed by atoms with Crippen molar-refractivity contribution in [2.75, 3.05) is 0 Å². The molecule has 1 rings (SSSR count). The van der Waals surface area contributed by atoms with Crippen molar-refractivity contribution in [1.29, 1.82) is 0 Å². The molecule has 0 saturated heterocycles. The number of carbonyl (C=O) groups excluding carboxylic acids is 1. The van der Waals surface area contributed by atoms with Crippen LogP contribution in [0.1, 0.15) is 22.3 Å². The summed E-state index contributed by atoms with van der Waals surface area (Å²) >= 11 is 5.67. The van der Waals surface area contributed by atoms with Crippen molar-refractivity contribution in [3.05, 3.63) is 34.3 Å². The van der Waals surface area contributed by atoms with Crippen LogP contribution in [0.15, 0.2) is 18.2 Å². The summed E-state index contributed by atoms with van der Waals surface area (Å²) in [5.41, 5.74) is 0.535. The fourth-order valence-electron chi connectivity index (χ4n) is 0.962. The highest BCUT2D eigenvalue weighted by molar-refractivity contribution is 6.33. The number of carbonyl (C=O) groups is 2. The van der Waals surface area contributed by atoms with Gasteiger partial charge in [0.1, 0.15) is 6.29 Å². The number of benzene rings is 1. The molecule has 0 heterocycles. The Morgan fingerprint density at radius 2 is 2.27 bits per heavy atom. The molecule has 0 unspecified atom stereocenters. The molecule has 15 heavy (non-hydrogen) atoms. The second kappa shape index (κ2) is 5.18. The van der Waals surface area contributed by atoms with Crippen molar-refractivity contribution >= 4 is 23.9 Å². The minimum absolute atomic E-state index is 0.00886. The lowest BCUT2D eigenvalue weighted by Crippen LogP contribution is -1.97. The molecule has 0 spiro atoms. The van der Waals surface area contributed by atoms with E-state index in [0.717, 1.165) is 0 Å². The van der Waals surface area contributed by atoms with Crippen LogP contribution in [0.2, 0.25) is 5.02 Å². The Morgan fingerprint density at radius 3 is 2.87 bits per heavy atom. The molecule has 76 valence electrons. The third kappa shape index (κ3) is 3.12. The average molecular weight is 223 g/mol. The lowest BCUT2D eigenvalue weighted by molar-refractivity contribution is -0.107. The molecule has 0 bridgehead atoms.